The molecule has 0 fully saturated rings. The number of anilines is 2. The SMILES string of the molecule is C/C=C\C=C/c1cccc2c1C=CC1C=CC(c3ccc(N(C4=CCC(c5cccc6c5C=CCC6)C=C4)c4ccc5c(c4)-c4ccccc4C5(C)C)cc3)=CC21. The van der Waals surface area contributed by atoms with Crippen molar-refractivity contribution in [2.45, 2.75) is 57.3 Å². The van der Waals surface area contributed by atoms with Gasteiger partial charge in [0.2, 0.25) is 0 Å². The van der Waals surface area contributed by atoms with Gasteiger partial charge < -0.3 is 4.90 Å². The number of fused-ring (bicyclic) bond motifs is 7. The Kier molecular flexibility index (Phi) is 8.90. The van der Waals surface area contributed by atoms with Crippen molar-refractivity contribution in [2.75, 3.05) is 4.90 Å². The van der Waals surface area contributed by atoms with Gasteiger partial charge in [0.05, 0.1) is 0 Å². The van der Waals surface area contributed by atoms with Crippen LogP contribution in [-0.4, -0.2) is 0 Å². The van der Waals surface area contributed by atoms with Gasteiger partial charge in [-0.05, 0) is 123 Å². The standard InChI is InChI=1S/C56H49N/c1-4-5-6-13-40-16-12-20-50-49(40)34-28-42-22-23-43(36-52(42)50)38-24-29-44(30-25-38)57(46-33-35-55-53(37-46)51-18-9-10-21-54(51)56(55,2)3)45-31-26-41(27-32-45)48-19-11-15-39-14-7-8-17-47(39)48/h4-6,8-13,15-26,28-37,41-42,52H,7,14,27H2,1-3H3/b5-4-,13-6-. The van der Waals surface area contributed by atoms with Crippen molar-refractivity contribution in [2.24, 2.45) is 5.92 Å². The molecule has 5 aromatic carbocycles. The van der Waals surface area contributed by atoms with Gasteiger partial charge in [0.15, 0.2) is 0 Å². The van der Waals surface area contributed by atoms with E-state index in [4.69, 9.17) is 0 Å². The molecule has 5 aliphatic carbocycles. The van der Waals surface area contributed by atoms with Crippen LogP contribution in [0.5, 0.6) is 0 Å². The van der Waals surface area contributed by atoms with Gasteiger partial charge in [-0.15, -0.1) is 0 Å². The first-order valence-electron chi connectivity index (χ1n) is 20.8. The summed E-state index contributed by atoms with van der Waals surface area (Å²) in [7, 11) is 0. The highest BCUT2D eigenvalue weighted by Gasteiger charge is 2.36. The monoisotopic (exact) mass is 735 g/mol. The minimum atomic E-state index is -0.0308. The predicted octanol–water partition coefficient (Wildman–Crippen LogP) is 14.7. The van der Waals surface area contributed by atoms with E-state index in [9.17, 15) is 0 Å². The number of aryl methyl sites for hydroxylation is 1. The summed E-state index contributed by atoms with van der Waals surface area (Å²) in [6.45, 7) is 6.77. The Balaban J connectivity index is 1.01. The first-order chi connectivity index (χ1) is 28.0. The minimum Gasteiger partial charge on any atom is -0.311 e. The fourth-order valence-electron chi connectivity index (χ4n) is 10.00. The third kappa shape index (κ3) is 6.18. The van der Waals surface area contributed by atoms with Crippen molar-refractivity contribution >= 4 is 35.2 Å². The Morgan fingerprint density at radius 1 is 0.684 bits per heavy atom. The molecule has 278 valence electrons. The summed E-state index contributed by atoms with van der Waals surface area (Å²) in [5.41, 5.74) is 19.9. The van der Waals surface area contributed by atoms with Gasteiger partial charge >= 0.3 is 0 Å². The average molecular weight is 736 g/mol. The Labute approximate surface area is 338 Å². The molecule has 0 bridgehead atoms. The molecule has 3 unspecified atom stereocenters. The first-order valence-corrected chi connectivity index (χ1v) is 20.8. The summed E-state index contributed by atoms with van der Waals surface area (Å²) in [5.74, 6) is 1.04. The van der Waals surface area contributed by atoms with Gasteiger partial charge in [0, 0.05) is 40.2 Å². The first kappa shape index (κ1) is 35.2. The summed E-state index contributed by atoms with van der Waals surface area (Å²) in [5, 5.41) is 0. The number of nitrogens with zero attached hydrogens (tertiary/aromatic N) is 1. The lowest BCUT2D eigenvalue weighted by atomic mass is 9.74. The maximum Gasteiger partial charge on any atom is 0.0467 e. The topological polar surface area (TPSA) is 3.24 Å². The van der Waals surface area contributed by atoms with E-state index in [1.165, 1.54) is 83.8 Å². The van der Waals surface area contributed by atoms with E-state index in [1.54, 1.807) is 0 Å². The number of benzene rings is 5. The van der Waals surface area contributed by atoms with Gasteiger partial charge in [-0.1, -0.05) is 172 Å². The van der Waals surface area contributed by atoms with Crippen LogP contribution in [0.1, 0.15) is 95.5 Å². The molecule has 1 nitrogen and oxygen atoms in total. The zero-order chi connectivity index (χ0) is 38.5. The molecule has 0 aliphatic heterocycles. The second-order valence-electron chi connectivity index (χ2n) is 16.7. The number of hydrogen-bond donors (Lipinski definition) is 0. The third-order valence-corrected chi connectivity index (χ3v) is 13.0. The van der Waals surface area contributed by atoms with Gasteiger partial charge in [-0.3, -0.25) is 0 Å². The van der Waals surface area contributed by atoms with E-state index in [-0.39, 0.29) is 5.41 Å². The van der Waals surface area contributed by atoms with Crippen LogP contribution in [0.2, 0.25) is 0 Å². The molecule has 0 aromatic heterocycles. The maximum atomic E-state index is 2.49. The van der Waals surface area contributed by atoms with Crippen molar-refractivity contribution in [1.82, 2.24) is 0 Å². The van der Waals surface area contributed by atoms with Crippen LogP contribution >= 0.6 is 0 Å². The molecule has 0 saturated carbocycles. The number of hydrogen-bond acceptors (Lipinski definition) is 1. The maximum absolute atomic E-state index is 2.49. The lowest BCUT2D eigenvalue weighted by Crippen LogP contribution is -2.18. The predicted molar refractivity (Wildman–Crippen MR) is 244 cm³/mol. The Hall–Kier alpha value is -6.18. The molecule has 10 rings (SSSR count). The molecule has 3 atom stereocenters. The van der Waals surface area contributed by atoms with Crippen molar-refractivity contribution in [3.63, 3.8) is 0 Å². The fraction of sp³-hybridized carbons (Fsp3) is 0.179. The minimum absolute atomic E-state index is 0.0308. The molecular formula is C56H49N. The molecule has 57 heavy (non-hydrogen) atoms. The van der Waals surface area contributed by atoms with Crippen LogP contribution in [0, 0.1) is 5.92 Å². The van der Waals surface area contributed by atoms with Crippen LogP contribution in [0.15, 0.2) is 176 Å². The second kappa shape index (κ2) is 14.4. The molecule has 0 radical (unpaired) electrons. The molecule has 1 heteroatoms. The number of allylic oxidation sites excluding steroid dienone is 12. The van der Waals surface area contributed by atoms with Crippen LogP contribution in [0.25, 0.3) is 34.9 Å². The summed E-state index contributed by atoms with van der Waals surface area (Å²) in [4.78, 5) is 2.47. The van der Waals surface area contributed by atoms with E-state index in [1.807, 2.05) is 0 Å². The summed E-state index contributed by atoms with van der Waals surface area (Å²) in [6, 6.07) is 39.0. The van der Waals surface area contributed by atoms with Crippen molar-refractivity contribution < 1.29 is 0 Å². The fourth-order valence-corrected chi connectivity index (χ4v) is 10.00. The summed E-state index contributed by atoms with van der Waals surface area (Å²) in [6.07, 6.45) is 35.6. The van der Waals surface area contributed by atoms with E-state index < -0.39 is 0 Å². The van der Waals surface area contributed by atoms with Crippen LogP contribution in [0.3, 0.4) is 0 Å². The molecule has 5 aliphatic rings. The zero-order valence-corrected chi connectivity index (χ0v) is 33.2. The quantitative estimate of drug-likeness (QED) is 0.150. The highest BCUT2D eigenvalue weighted by atomic mass is 15.1. The Bertz CT molecular complexity index is 2650. The zero-order valence-electron chi connectivity index (χ0n) is 33.2. The molecule has 5 aromatic rings. The summed E-state index contributed by atoms with van der Waals surface area (Å²) >= 11 is 0. The lowest BCUT2D eigenvalue weighted by molar-refractivity contribution is 0.660. The second-order valence-corrected chi connectivity index (χ2v) is 16.7. The molecule has 0 heterocycles. The van der Waals surface area contributed by atoms with Gasteiger partial charge in [0.25, 0.3) is 0 Å². The summed E-state index contributed by atoms with van der Waals surface area (Å²) < 4.78 is 0. The van der Waals surface area contributed by atoms with Crippen LogP contribution in [-0.2, 0) is 11.8 Å². The lowest BCUT2D eigenvalue weighted by Gasteiger charge is -2.31. The Morgan fingerprint density at radius 3 is 2.35 bits per heavy atom. The molecular weight excluding hydrogens is 687 g/mol. The molecule has 0 saturated heterocycles. The molecule has 0 spiro atoms. The van der Waals surface area contributed by atoms with E-state index >= 15 is 0 Å². The molecule has 0 N–H and O–H groups in total. The van der Waals surface area contributed by atoms with E-state index in [2.05, 4.69) is 214 Å². The smallest absolute Gasteiger partial charge is 0.0467 e. The van der Waals surface area contributed by atoms with Crippen molar-refractivity contribution in [3.8, 4) is 11.1 Å². The molecule has 0 amide bonds. The Morgan fingerprint density at radius 2 is 1.49 bits per heavy atom. The van der Waals surface area contributed by atoms with E-state index in [0.717, 1.165) is 19.3 Å². The van der Waals surface area contributed by atoms with Crippen LogP contribution < -0.4 is 4.90 Å². The van der Waals surface area contributed by atoms with E-state index in [0.29, 0.717) is 17.8 Å². The van der Waals surface area contributed by atoms with Crippen LogP contribution in [0.4, 0.5) is 11.4 Å². The highest BCUT2D eigenvalue weighted by Crippen LogP contribution is 2.51. The van der Waals surface area contributed by atoms with Crippen molar-refractivity contribution in [1.29, 1.82) is 0 Å². The average Bonchev–Trinajstić information content (AvgIpc) is 3.49. The largest absolute Gasteiger partial charge is 0.311 e. The number of rotatable bonds is 7. The van der Waals surface area contributed by atoms with Crippen molar-refractivity contribution in [3.05, 3.63) is 226 Å². The van der Waals surface area contributed by atoms with Gasteiger partial charge in [0.1, 0.15) is 0 Å². The van der Waals surface area contributed by atoms with Gasteiger partial charge in [-0.25, -0.2) is 0 Å². The normalized spacial score (nSPS) is 20.8. The highest BCUT2D eigenvalue weighted by molar-refractivity contribution is 5.86. The van der Waals surface area contributed by atoms with Gasteiger partial charge in [-0.2, -0.15) is 0 Å². The third-order valence-electron chi connectivity index (χ3n) is 13.0.